The number of hydrogen-bond donors (Lipinski definition) is 2. The molecule has 1 heterocycles. The highest BCUT2D eigenvalue weighted by atomic mass is 16.5. The average molecular weight is 238 g/mol. The van der Waals surface area contributed by atoms with Gasteiger partial charge in [-0.25, -0.2) is 0 Å². The van der Waals surface area contributed by atoms with Gasteiger partial charge in [-0.1, -0.05) is 13.8 Å². The first kappa shape index (κ1) is 13.9. The van der Waals surface area contributed by atoms with E-state index in [4.69, 9.17) is 9.84 Å². The molecule has 0 aliphatic heterocycles. The van der Waals surface area contributed by atoms with E-state index in [0.29, 0.717) is 13.2 Å². The van der Waals surface area contributed by atoms with E-state index in [1.807, 2.05) is 26.0 Å². The predicted octanol–water partition coefficient (Wildman–Crippen LogP) is 1.51. The minimum absolute atomic E-state index is 0.141. The third kappa shape index (κ3) is 4.71. The van der Waals surface area contributed by atoms with Gasteiger partial charge in [0.2, 0.25) is 0 Å². The van der Waals surface area contributed by atoms with Crippen molar-refractivity contribution in [1.29, 1.82) is 0 Å². The van der Waals surface area contributed by atoms with Crippen LogP contribution >= 0.6 is 0 Å². The molecule has 4 heteroatoms. The van der Waals surface area contributed by atoms with Crippen LogP contribution in [0.5, 0.6) is 5.75 Å². The molecule has 0 radical (unpaired) electrons. The lowest BCUT2D eigenvalue weighted by atomic mass is 10.2. The highest BCUT2D eigenvalue weighted by Crippen LogP contribution is 2.17. The quantitative estimate of drug-likeness (QED) is 0.756. The summed E-state index contributed by atoms with van der Waals surface area (Å²) in [5.41, 5.74) is 1.91. The molecule has 1 aromatic rings. The van der Waals surface area contributed by atoms with Gasteiger partial charge in [-0.3, -0.25) is 4.98 Å². The van der Waals surface area contributed by atoms with Gasteiger partial charge in [0.1, 0.15) is 5.75 Å². The van der Waals surface area contributed by atoms with E-state index in [1.54, 1.807) is 0 Å². The molecule has 0 bridgehead atoms. The molecular formula is C13H22N2O2. The fourth-order valence-electron chi connectivity index (χ4n) is 1.38. The monoisotopic (exact) mass is 238 g/mol. The summed E-state index contributed by atoms with van der Waals surface area (Å²) >= 11 is 0. The van der Waals surface area contributed by atoms with Gasteiger partial charge in [0.25, 0.3) is 0 Å². The smallest absolute Gasteiger partial charge is 0.142 e. The highest BCUT2D eigenvalue weighted by Gasteiger charge is 2.07. The van der Waals surface area contributed by atoms with Crippen molar-refractivity contribution in [2.24, 2.45) is 5.92 Å². The highest BCUT2D eigenvalue weighted by molar-refractivity contribution is 5.29. The van der Waals surface area contributed by atoms with Gasteiger partial charge in [0.05, 0.1) is 12.3 Å². The lowest BCUT2D eigenvalue weighted by Crippen LogP contribution is -2.17. The number of pyridine rings is 1. The fraction of sp³-hybridized carbons (Fsp3) is 0.615. The molecule has 1 rings (SSSR count). The lowest BCUT2D eigenvalue weighted by Gasteiger charge is -2.14. The summed E-state index contributed by atoms with van der Waals surface area (Å²) in [5.74, 6) is 0.945. The Morgan fingerprint density at radius 2 is 2.24 bits per heavy atom. The van der Waals surface area contributed by atoms with Crippen molar-refractivity contribution in [3.05, 3.63) is 23.5 Å². The number of aryl methyl sites for hydroxylation is 1. The summed E-state index contributed by atoms with van der Waals surface area (Å²) in [5, 5.41) is 12.2. The molecule has 1 aromatic heterocycles. The van der Waals surface area contributed by atoms with Crippen molar-refractivity contribution in [1.82, 2.24) is 10.3 Å². The van der Waals surface area contributed by atoms with E-state index in [2.05, 4.69) is 17.2 Å². The van der Waals surface area contributed by atoms with Crippen LogP contribution in [0.4, 0.5) is 0 Å². The third-order valence-corrected chi connectivity index (χ3v) is 2.45. The van der Waals surface area contributed by atoms with E-state index in [1.165, 1.54) is 0 Å². The Morgan fingerprint density at radius 3 is 2.88 bits per heavy atom. The van der Waals surface area contributed by atoms with Crippen molar-refractivity contribution in [3.63, 3.8) is 0 Å². The Kier molecular flexibility index (Phi) is 5.94. The van der Waals surface area contributed by atoms with Crippen molar-refractivity contribution >= 4 is 0 Å². The molecule has 2 N–H and O–H groups in total. The Hall–Kier alpha value is -1.13. The number of nitrogens with one attached hydrogen (secondary N) is 1. The van der Waals surface area contributed by atoms with Crippen molar-refractivity contribution < 1.29 is 9.84 Å². The predicted molar refractivity (Wildman–Crippen MR) is 68.1 cm³/mol. The van der Waals surface area contributed by atoms with Crippen LogP contribution in [0.15, 0.2) is 12.1 Å². The number of aliphatic hydroxyl groups is 1. The maximum atomic E-state index is 8.96. The molecule has 0 aromatic carbocycles. The molecule has 0 amide bonds. The van der Waals surface area contributed by atoms with Gasteiger partial charge in [-0.05, 0) is 25.6 Å². The van der Waals surface area contributed by atoms with Gasteiger partial charge >= 0.3 is 0 Å². The molecule has 1 unspecified atom stereocenters. The van der Waals surface area contributed by atoms with Crippen molar-refractivity contribution in [2.45, 2.75) is 27.3 Å². The summed E-state index contributed by atoms with van der Waals surface area (Å²) < 4.78 is 5.68. The first-order chi connectivity index (χ1) is 8.17. The zero-order valence-corrected chi connectivity index (χ0v) is 10.9. The van der Waals surface area contributed by atoms with Crippen LogP contribution in [0.3, 0.4) is 0 Å². The summed E-state index contributed by atoms with van der Waals surface area (Å²) in [6.07, 6.45) is 0. The van der Waals surface area contributed by atoms with Crippen molar-refractivity contribution in [2.75, 3.05) is 19.8 Å². The number of ether oxygens (including phenoxy) is 1. The van der Waals surface area contributed by atoms with Crippen LogP contribution < -0.4 is 10.1 Å². The van der Waals surface area contributed by atoms with Crippen LogP contribution in [0.2, 0.25) is 0 Å². The minimum atomic E-state index is 0.141. The standard InChI is InChI=1S/C13H22N2O2/c1-4-14-7-12-13(6-5-11(3)15-12)17-9-10(2)8-16/h5-6,10,14,16H,4,7-9H2,1-3H3. The maximum Gasteiger partial charge on any atom is 0.142 e. The van der Waals surface area contributed by atoms with Crippen LogP contribution in [0.1, 0.15) is 25.2 Å². The first-order valence-electron chi connectivity index (χ1n) is 6.08. The third-order valence-electron chi connectivity index (χ3n) is 2.45. The number of nitrogens with zero attached hydrogens (tertiary/aromatic N) is 1. The van der Waals surface area contributed by atoms with Gasteiger partial charge in [0, 0.05) is 24.8 Å². The topological polar surface area (TPSA) is 54.4 Å². The number of rotatable bonds is 7. The molecule has 0 spiro atoms. The second-order valence-corrected chi connectivity index (χ2v) is 4.28. The number of hydrogen-bond acceptors (Lipinski definition) is 4. The van der Waals surface area contributed by atoms with E-state index >= 15 is 0 Å². The Morgan fingerprint density at radius 1 is 1.47 bits per heavy atom. The van der Waals surface area contributed by atoms with Crippen LogP contribution in [0.25, 0.3) is 0 Å². The van der Waals surface area contributed by atoms with Crippen molar-refractivity contribution in [3.8, 4) is 5.75 Å². The number of aliphatic hydroxyl groups excluding tert-OH is 1. The number of aromatic nitrogens is 1. The van der Waals surface area contributed by atoms with Crippen LogP contribution in [0, 0.1) is 12.8 Å². The molecule has 1 atom stereocenters. The minimum Gasteiger partial charge on any atom is -0.491 e. The largest absolute Gasteiger partial charge is 0.491 e. The van der Waals surface area contributed by atoms with E-state index < -0.39 is 0 Å². The maximum absolute atomic E-state index is 8.96. The summed E-state index contributed by atoms with van der Waals surface area (Å²) in [7, 11) is 0. The van der Waals surface area contributed by atoms with E-state index in [0.717, 1.165) is 23.7 Å². The molecule has 0 aliphatic rings. The van der Waals surface area contributed by atoms with E-state index in [-0.39, 0.29) is 12.5 Å². The summed E-state index contributed by atoms with van der Waals surface area (Å²) in [4.78, 5) is 4.46. The Bertz CT molecular complexity index is 342. The van der Waals surface area contributed by atoms with Gasteiger partial charge < -0.3 is 15.2 Å². The SMILES string of the molecule is CCNCc1nc(C)ccc1OCC(C)CO. The second-order valence-electron chi connectivity index (χ2n) is 4.28. The van der Waals surface area contributed by atoms with Crippen LogP contribution in [-0.2, 0) is 6.54 Å². The summed E-state index contributed by atoms with van der Waals surface area (Å²) in [6, 6.07) is 3.88. The first-order valence-corrected chi connectivity index (χ1v) is 6.08. The lowest BCUT2D eigenvalue weighted by molar-refractivity contribution is 0.173. The Labute approximate surface area is 103 Å². The van der Waals surface area contributed by atoms with Crippen LogP contribution in [-0.4, -0.2) is 29.8 Å². The molecule has 17 heavy (non-hydrogen) atoms. The molecule has 4 nitrogen and oxygen atoms in total. The van der Waals surface area contributed by atoms with Gasteiger partial charge in [-0.15, -0.1) is 0 Å². The molecule has 0 saturated heterocycles. The van der Waals surface area contributed by atoms with Gasteiger partial charge in [-0.2, -0.15) is 0 Å². The second kappa shape index (κ2) is 7.25. The molecule has 0 fully saturated rings. The zero-order chi connectivity index (χ0) is 12.7. The molecule has 96 valence electrons. The van der Waals surface area contributed by atoms with E-state index in [9.17, 15) is 0 Å². The van der Waals surface area contributed by atoms with Gasteiger partial charge in [0.15, 0.2) is 0 Å². The zero-order valence-electron chi connectivity index (χ0n) is 10.9. The fourth-order valence-corrected chi connectivity index (χ4v) is 1.38. The normalized spacial score (nSPS) is 12.5. The Balaban J connectivity index is 2.68. The molecule has 0 aliphatic carbocycles. The summed E-state index contributed by atoms with van der Waals surface area (Å²) in [6.45, 7) is 8.25. The molecular weight excluding hydrogens is 216 g/mol. The molecule has 0 saturated carbocycles. The average Bonchev–Trinajstić information content (AvgIpc) is 2.34.